The zero-order chi connectivity index (χ0) is 20.5. The molecule has 0 saturated heterocycles. The molecule has 0 aliphatic rings. The van der Waals surface area contributed by atoms with Crippen LogP contribution in [0.15, 0.2) is 48.5 Å². The molecule has 0 aromatic heterocycles. The number of nitrogens with one attached hydrogen (secondary N) is 2. The maximum atomic E-state index is 12.3. The molecule has 148 valence electrons. The summed E-state index contributed by atoms with van der Waals surface area (Å²) in [5.41, 5.74) is 1.20. The molecule has 0 aliphatic carbocycles. The van der Waals surface area contributed by atoms with Crippen LogP contribution in [0, 0.1) is 0 Å². The summed E-state index contributed by atoms with van der Waals surface area (Å²) in [5.74, 6) is -0.413. The summed E-state index contributed by atoms with van der Waals surface area (Å²) in [6.45, 7) is 3.24. The highest BCUT2D eigenvalue weighted by Crippen LogP contribution is 2.23. The number of halogens is 1. The molecule has 2 aromatic carbocycles. The predicted octanol–water partition coefficient (Wildman–Crippen LogP) is 3.16. The van der Waals surface area contributed by atoms with Crippen LogP contribution in [0.4, 0.5) is 11.4 Å². The van der Waals surface area contributed by atoms with Gasteiger partial charge in [-0.15, -0.1) is 0 Å². The summed E-state index contributed by atoms with van der Waals surface area (Å²) in [7, 11) is 0. The Labute approximate surface area is 168 Å². The van der Waals surface area contributed by atoms with Crippen molar-refractivity contribution in [1.29, 1.82) is 0 Å². The third kappa shape index (κ3) is 6.59. The van der Waals surface area contributed by atoms with Gasteiger partial charge in [-0.3, -0.25) is 14.4 Å². The number of para-hydroxylation sites is 1. The number of benzene rings is 2. The summed E-state index contributed by atoms with van der Waals surface area (Å²) < 4.78 is 5.44. The molecule has 7 nitrogen and oxygen atoms in total. The van der Waals surface area contributed by atoms with Crippen LogP contribution in [0.5, 0.6) is 5.75 Å². The van der Waals surface area contributed by atoms with E-state index in [1.165, 1.54) is 11.8 Å². The second kappa shape index (κ2) is 10.3. The average Bonchev–Trinajstić information content (AvgIpc) is 2.66. The number of carbonyl (C=O) groups excluding carboxylic acids is 3. The molecule has 0 bridgehead atoms. The fourth-order valence-electron chi connectivity index (χ4n) is 2.38. The number of ether oxygens (including phenoxy) is 1. The Morgan fingerprint density at radius 2 is 1.61 bits per heavy atom. The molecule has 28 heavy (non-hydrogen) atoms. The van der Waals surface area contributed by atoms with Gasteiger partial charge in [0.05, 0.1) is 11.6 Å². The molecular formula is C20H22ClN3O4. The molecule has 8 heteroatoms. The van der Waals surface area contributed by atoms with Crippen molar-refractivity contribution in [2.24, 2.45) is 0 Å². The number of hydrogen-bond donors (Lipinski definition) is 2. The first-order valence-electron chi connectivity index (χ1n) is 8.71. The van der Waals surface area contributed by atoms with E-state index in [1.54, 1.807) is 55.5 Å². The molecule has 0 fully saturated rings. The first-order chi connectivity index (χ1) is 13.4. The minimum atomic E-state index is -0.333. The van der Waals surface area contributed by atoms with E-state index in [1.807, 2.05) is 0 Å². The Kier molecular flexibility index (Phi) is 7.83. The highest BCUT2D eigenvalue weighted by Gasteiger charge is 2.17. The van der Waals surface area contributed by atoms with Crippen LogP contribution in [-0.4, -0.2) is 42.3 Å². The predicted molar refractivity (Wildman–Crippen MR) is 109 cm³/mol. The molecular weight excluding hydrogens is 382 g/mol. The quantitative estimate of drug-likeness (QED) is 0.708. The molecule has 2 aromatic rings. The molecule has 0 aliphatic heterocycles. The lowest BCUT2D eigenvalue weighted by Crippen LogP contribution is -2.40. The van der Waals surface area contributed by atoms with Gasteiger partial charge in [-0.2, -0.15) is 0 Å². The van der Waals surface area contributed by atoms with Crippen molar-refractivity contribution in [2.75, 3.05) is 30.3 Å². The lowest BCUT2D eigenvalue weighted by molar-refractivity contribution is -0.136. The summed E-state index contributed by atoms with van der Waals surface area (Å²) in [5, 5.41) is 5.78. The molecule has 0 atom stereocenters. The number of rotatable bonds is 8. The summed E-state index contributed by atoms with van der Waals surface area (Å²) >= 11 is 6.00. The van der Waals surface area contributed by atoms with E-state index in [0.29, 0.717) is 28.7 Å². The summed E-state index contributed by atoms with van der Waals surface area (Å²) in [6.07, 6.45) is 0. The third-order valence-corrected chi connectivity index (χ3v) is 4.06. The second-order valence-corrected chi connectivity index (χ2v) is 6.34. The molecule has 0 unspecified atom stereocenters. The molecule has 2 rings (SSSR count). The van der Waals surface area contributed by atoms with E-state index >= 15 is 0 Å². The summed E-state index contributed by atoms with van der Waals surface area (Å²) in [6, 6.07) is 13.6. The Hall–Kier alpha value is -3.06. The highest BCUT2D eigenvalue weighted by atomic mass is 35.5. The number of likely N-dealkylation sites (N-methyl/N-ethyl adjacent to an activating group) is 1. The van der Waals surface area contributed by atoms with Crippen LogP contribution in [0.1, 0.15) is 13.8 Å². The van der Waals surface area contributed by atoms with Crippen LogP contribution in [0.25, 0.3) is 0 Å². The van der Waals surface area contributed by atoms with E-state index in [2.05, 4.69) is 10.6 Å². The van der Waals surface area contributed by atoms with Crippen molar-refractivity contribution in [3.05, 3.63) is 53.6 Å². The Morgan fingerprint density at radius 1 is 1.00 bits per heavy atom. The number of carbonyl (C=O) groups is 3. The highest BCUT2D eigenvalue weighted by molar-refractivity contribution is 6.32. The summed E-state index contributed by atoms with van der Waals surface area (Å²) in [4.78, 5) is 37.0. The van der Waals surface area contributed by atoms with Crippen LogP contribution < -0.4 is 15.4 Å². The van der Waals surface area contributed by atoms with Gasteiger partial charge in [0.25, 0.3) is 5.91 Å². The lowest BCUT2D eigenvalue weighted by Gasteiger charge is -2.20. The van der Waals surface area contributed by atoms with Crippen molar-refractivity contribution in [2.45, 2.75) is 13.8 Å². The van der Waals surface area contributed by atoms with E-state index in [-0.39, 0.29) is 30.9 Å². The van der Waals surface area contributed by atoms with E-state index in [9.17, 15) is 14.4 Å². The van der Waals surface area contributed by atoms with E-state index in [4.69, 9.17) is 16.3 Å². The van der Waals surface area contributed by atoms with E-state index < -0.39 is 0 Å². The maximum Gasteiger partial charge on any atom is 0.260 e. The van der Waals surface area contributed by atoms with Gasteiger partial charge in [0.1, 0.15) is 5.75 Å². The lowest BCUT2D eigenvalue weighted by atomic mass is 10.2. The normalized spacial score (nSPS) is 10.1. The minimum Gasteiger partial charge on any atom is -0.482 e. The van der Waals surface area contributed by atoms with Gasteiger partial charge < -0.3 is 20.3 Å². The van der Waals surface area contributed by atoms with Gasteiger partial charge in [0.2, 0.25) is 11.8 Å². The minimum absolute atomic E-state index is 0.103. The standard InChI is InChI=1S/C20H22ClN3O4/c1-3-24(20(27)13-28-18-7-5-4-6-17(18)21)12-19(26)23-16-10-8-15(9-11-16)22-14(2)25/h4-11H,3,12-13H2,1-2H3,(H,22,25)(H,23,26). The van der Waals surface area contributed by atoms with Crippen molar-refractivity contribution >= 4 is 40.7 Å². The Morgan fingerprint density at radius 3 is 2.18 bits per heavy atom. The molecule has 0 heterocycles. The van der Waals surface area contributed by atoms with Crippen molar-refractivity contribution in [3.63, 3.8) is 0 Å². The van der Waals surface area contributed by atoms with Gasteiger partial charge in [0, 0.05) is 24.8 Å². The topological polar surface area (TPSA) is 87.7 Å². The van der Waals surface area contributed by atoms with Crippen LogP contribution >= 0.6 is 11.6 Å². The first-order valence-corrected chi connectivity index (χ1v) is 9.09. The average molecular weight is 404 g/mol. The zero-order valence-corrected chi connectivity index (χ0v) is 16.5. The largest absolute Gasteiger partial charge is 0.482 e. The van der Waals surface area contributed by atoms with Crippen molar-refractivity contribution in [1.82, 2.24) is 4.90 Å². The van der Waals surface area contributed by atoms with Gasteiger partial charge >= 0.3 is 0 Å². The fourth-order valence-corrected chi connectivity index (χ4v) is 2.57. The van der Waals surface area contributed by atoms with Gasteiger partial charge in [-0.1, -0.05) is 23.7 Å². The van der Waals surface area contributed by atoms with Gasteiger partial charge in [-0.05, 0) is 43.3 Å². The van der Waals surface area contributed by atoms with Crippen LogP contribution in [0.3, 0.4) is 0 Å². The van der Waals surface area contributed by atoms with Gasteiger partial charge in [0.15, 0.2) is 6.61 Å². The van der Waals surface area contributed by atoms with Crippen LogP contribution in [-0.2, 0) is 14.4 Å². The zero-order valence-electron chi connectivity index (χ0n) is 15.7. The number of hydrogen-bond acceptors (Lipinski definition) is 4. The molecule has 0 radical (unpaired) electrons. The third-order valence-electron chi connectivity index (χ3n) is 3.75. The molecule has 2 N–H and O–H groups in total. The first kappa shape index (κ1) is 21.2. The molecule has 0 saturated carbocycles. The molecule has 3 amide bonds. The fraction of sp³-hybridized carbons (Fsp3) is 0.250. The number of nitrogens with zero attached hydrogens (tertiary/aromatic N) is 1. The Balaban J connectivity index is 1.87. The Bertz CT molecular complexity index is 840. The van der Waals surface area contributed by atoms with E-state index in [0.717, 1.165) is 0 Å². The van der Waals surface area contributed by atoms with Crippen molar-refractivity contribution < 1.29 is 19.1 Å². The van der Waals surface area contributed by atoms with Crippen molar-refractivity contribution in [3.8, 4) is 5.75 Å². The van der Waals surface area contributed by atoms with Gasteiger partial charge in [-0.25, -0.2) is 0 Å². The molecule has 0 spiro atoms. The number of anilines is 2. The number of amides is 3. The monoisotopic (exact) mass is 403 g/mol. The van der Waals surface area contributed by atoms with Crippen LogP contribution in [0.2, 0.25) is 5.02 Å². The SMILES string of the molecule is CCN(CC(=O)Nc1ccc(NC(C)=O)cc1)C(=O)COc1ccccc1Cl. The smallest absolute Gasteiger partial charge is 0.260 e. The maximum absolute atomic E-state index is 12.3. The second-order valence-electron chi connectivity index (χ2n) is 5.93.